The van der Waals surface area contributed by atoms with Gasteiger partial charge in [-0.2, -0.15) is 0 Å². The highest BCUT2D eigenvalue weighted by molar-refractivity contribution is 5.90. The summed E-state index contributed by atoms with van der Waals surface area (Å²) in [4.78, 5) is 22.5. The Labute approximate surface area is 137 Å². The molecular weight excluding hydrogens is 294 g/mol. The van der Waals surface area contributed by atoms with Crippen molar-refractivity contribution in [2.45, 2.75) is 44.9 Å². The van der Waals surface area contributed by atoms with Crippen molar-refractivity contribution in [3.63, 3.8) is 0 Å². The summed E-state index contributed by atoms with van der Waals surface area (Å²) < 4.78 is 5.33. The Morgan fingerprint density at radius 2 is 1.83 bits per heavy atom. The van der Waals surface area contributed by atoms with Crippen LogP contribution >= 0.6 is 0 Å². The molecule has 0 aromatic heterocycles. The molecule has 1 heterocycles. The van der Waals surface area contributed by atoms with Crippen molar-refractivity contribution < 1.29 is 19.4 Å². The molecule has 0 saturated carbocycles. The lowest BCUT2D eigenvalue weighted by Gasteiger charge is -2.21. The number of amides is 1. The maximum atomic E-state index is 11.9. The molecule has 0 atom stereocenters. The Hall–Kier alpha value is -1.88. The maximum absolute atomic E-state index is 11.9. The Bertz CT molecular complexity index is 506. The average molecular weight is 319 g/mol. The van der Waals surface area contributed by atoms with E-state index >= 15 is 0 Å². The molecule has 0 aliphatic carbocycles. The van der Waals surface area contributed by atoms with Crippen LogP contribution in [0.1, 0.15) is 44.1 Å². The summed E-state index contributed by atoms with van der Waals surface area (Å²) in [6.07, 6.45) is 5.39. The van der Waals surface area contributed by atoms with E-state index < -0.39 is 5.97 Å². The lowest BCUT2D eigenvalue weighted by atomic mass is 9.94. The van der Waals surface area contributed by atoms with Gasteiger partial charge in [-0.05, 0) is 55.7 Å². The van der Waals surface area contributed by atoms with Crippen molar-refractivity contribution in [1.82, 2.24) is 0 Å². The van der Waals surface area contributed by atoms with Crippen molar-refractivity contribution >= 4 is 17.6 Å². The van der Waals surface area contributed by atoms with Crippen LogP contribution in [-0.4, -0.2) is 30.2 Å². The van der Waals surface area contributed by atoms with Crippen molar-refractivity contribution in [3.8, 4) is 0 Å². The number of carboxylic acid groups (broad SMARTS) is 1. The van der Waals surface area contributed by atoms with E-state index in [2.05, 4.69) is 5.32 Å². The van der Waals surface area contributed by atoms with Gasteiger partial charge in [-0.15, -0.1) is 0 Å². The molecule has 1 amide bonds. The number of hydrogen-bond donors (Lipinski definition) is 2. The Morgan fingerprint density at radius 1 is 1.13 bits per heavy atom. The van der Waals surface area contributed by atoms with Gasteiger partial charge in [0.1, 0.15) is 0 Å². The fraction of sp³-hybridized carbons (Fsp3) is 0.556. The molecular formula is C18H25NO4. The van der Waals surface area contributed by atoms with E-state index in [-0.39, 0.29) is 12.3 Å². The summed E-state index contributed by atoms with van der Waals surface area (Å²) in [5.74, 6) is -0.0627. The van der Waals surface area contributed by atoms with Crippen LogP contribution in [0.5, 0.6) is 0 Å². The van der Waals surface area contributed by atoms with Gasteiger partial charge >= 0.3 is 5.97 Å². The summed E-state index contributed by atoms with van der Waals surface area (Å²) >= 11 is 0. The Balaban J connectivity index is 1.66. The highest BCUT2D eigenvalue weighted by Crippen LogP contribution is 2.21. The smallest absolute Gasteiger partial charge is 0.303 e. The zero-order valence-corrected chi connectivity index (χ0v) is 13.4. The van der Waals surface area contributed by atoms with Gasteiger partial charge in [0.25, 0.3) is 0 Å². The van der Waals surface area contributed by atoms with Crippen LogP contribution in [0.4, 0.5) is 5.69 Å². The quantitative estimate of drug-likeness (QED) is 0.771. The SMILES string of the molecule is O=C(O)CCc1ccc(NC(=O)CCCC2CCOCC2)cc1. The van der Waals surface area contributed by atoms with Gasteiger partial charge in [-0.3, -0.25) is 9.59 Å². The first-order valence-electron chi connectivity index (χ1n) is 8.32. The maximum Gasteiger partial charge on any atom is 0.303 e. The predicted molar refractivity (Wildman–Crippen MR) is 88.4 cm³/mol. The fourth-order valence-corrected chi connectivity index (χ4v) is 2.82. The first kappa shape index (κ1) is 17.5. The zero-order valence-electron chi connectivity index (χ0n) is 13.4. The molecule has 0 spiro atoms. The second-order valence-electron chi connectivity index (χ2n) is 6.09. The predicted octanol–water partition coefficient (Wildman–Crippen LogP) is 3.24. The number of hydrogen-bond acceptors (Lipinski definition) is 3. The van der Waals surface area contributed by atoms with E-state index in [4.69, 9.17) is 9.84 Å². The molecule has 1 aliphatic rings. The zero-order chi connectivity index (χ0) is 16.5. The summed E-state index contributed by atoms with van der Waals surface area (Å²) in [7, 11) is 0. The Morgan fingerprint density at radius 3 is 2.48 bits per heavy atom. The molecule has 0 unspecified atom stereocenters. The molecule has 2 rings (SSSR count). The van der Waals surface area contributed by atoms with Gasteiger partial charge in [-0.25, -0.2) is 0 Å². The lowest BCUT2D eigenvalue weighted by Crippen LogP contribution is -2.17. The van der Waals surface area contributed by atoms with E-state index in [0.29, 0.717) is 18.8 Å². The van der Waals surface area contributed by atoms with E-state index in [1.807, 2.05) is 24.3 Å². The summed E-state index contributed by atoms with van der Waals surface area (Å²) in [6, 6.07) is 7.38. The van der Waals surface area contributed by atoms with Crippen LogP contribution < -0.4 is 5.32 Å². The first-order chi connectivity index (χ1) is 11.1. The lowest BCUT2D eigenvalue weighted by molar-refractivity contribution is -0.137. The number of carbonyl (C=O) groups excluding carboxylic acids is 1. The average Bonchev–Trinajstić information content (AvgIpc) is 2.55. The molecule has 0 radical (unpaired) electrons. The molecule has 1 aliphatic heterocycles. The molecule has 1 fully saturated rings. The minimum Gasteiger partial charge on any atom is -0.481 e. The van der Waals surface area contributed by atoms with Gasteiger partial charge in [0, 0.05) is 31.7 Å². The minimum atomic E-state index is -0.799. The van der Waals surface area contributed by atoms with Crippen LogP contribution in [-0.2, 0) is 20.7 Å². The third-order valence-electron chi connectivity index (χ3n) is 4.22. The highest BCUT2D eigenvalue weighted by Gasteiger charge is 2.14. The molecule has 1 saturated heterocycles. The molecule has 126 valence electrons. The molecule has 2 N–H and O–H groups in total. The van der Waals surface area contributed by atoms with Crippen molar-refractivity contribution in [2.75, 3.05) is 18.5 Å². The number of ether oxygens (including phenoxy) is 1. The van der Waals surface area contributed by atoms with E-state index in [1.165, 1.54) is 0 Å². The van der Waals surface area contributed by atoms with E-state index in [1.54, 1.807) is 0 Å². The monoisotopic (exact) mass is 319 g/mol. The van der Waals surface area contributed by atoms with Gasteiger partial charge in [0.2, 0.25) is 5.91 Å². The molecule has 5 heteroatoms. The molecule has 23 heavy (non-hydrogen) atoms. The number of carbonyl (C=O) groups is 2. The number of aryl methyl sites for hydroxylation is 1. The third-order valence-corrected chi connectivity index (χ3v) is 4.22. The summed E-state index contributed by atoms with van der Waals surface area (Å²) in [6.45, 7) is 1.70. The molecule has 5 nitrogen and oxygen atoms in total. The van der Waals surface area contributed by atoms with Gasteiger partial charge < -0.3 is 15.2 Å². The third kappa shape index (κ3) is 6.82. The topological polar surface area (TPSA) is 75.6 Å². The molecule has 1 aromatic rings. The van der Waals surface area contributed by atoms with Crippen LogP contribution in [0, 0.1) is 5.92 Å². The summed E-state index contributed by atoms with van der Waals surface area (Å²) in [5, 5.41) is 11.6. The minimum absolute atomic E-state index is 0.0374. The second kappa shape index (κ2) is 9.30. The number of benzene rings is 1. The standard InChI is InChI=1S/C18H25NO4/c20-17(3-1-2-14-10-12-23-13-11-14)19-16-7-4-15(5-8-16)6-9-18(21)22/h4-5,7-8,14H,1-3,6,9-13H2,(H,19,20)(H,21,22). The van der Waals surface area contributed by atoms with Crippen molar-refractivity contribution in [1.29, 1.82) is 0 Å². The summed E-state index contributed by atoms with van der Waals surface area (Å²) in [5.41, 5.74) is 1.73. The molecule has 1 aromatic carbocycles. The molecule has 0 bridgehead atoms. The van der Waals surface area contributed by atoms with Crippen LogP contribution in [0.15, 0.2) is 24.3 Å². The number of carboxylic acids is 1. The Kier molecular flexibility index (Phi) is 7.07. The number of nitrogens with one attached hydrogen (secondary N) is 1. The van der Waals surface area contributed by atoms with Gasteiger partial charge in [-0.1, -0.05) is 12.1 Å². The van der Waals surface area contributed by atoms with E-state index in [0.717, 1.165) is 50.1 Å². The van der Waals surface area contributed by atoms with Crippen LogP contribution in [0.2, 0.25) is 0 Å². The highest BCUT2D eigenvalue weighted by atomic mass is 16.5. The van der Waals surface area contributed by atoms with Gasteiger partial charge in [0.05, 0.1) is 0 Å². The number of rotatable bonds is 8. The first-order valence-corrected chi connectivity index (χ1v) is 8.32. The van der Waals surface area contributed by atoms with Gasteiger partial charge in [0.15, 0.2) is 0 Å². The normalized spacial score (nSPS) is 15.3. The van der Waals surface area contributed by atoms with Crippen molar-refractivity contribution in [2.24, 2.45) is 5.92 Å². The van der Waals surface area contributed by atoms with Crippen molar-refractivity contribution in [3.05, 3.63) is 29.8 Å². The second-order valence-corrected chi connectivity index (χ2v) is 6.09. The largest absolute Gasteiger partial charge is 0.481 e. The number of anilines is 1. The van der Waals surface area contributed by atoms with E-state index in [9.17, 15) is 9.59 Å². The van der Waals surface area contributed by atoms with Crippen LogP contribution in [0.3, 0.4) is 0 Å². The number of aliphatic carboxylic acids is 1. The fourth-order valence-electron chi connectivity index (χ4n) is 2.82. The van der Waals surface area contributed by atoms with Crippen LogP contribution in [0.25, 0.3) is 0 Å².